The highest BCUT2D eigenvalue weighted by Gasteiger charge is 2.28. The third-order valence-electron chi connectivity index (χ3n) is 8.37. The van der Waals surface area contributed by atoms with Crippen LogP contribution in [0.25, 0.3) is 10.8 Å². The Hall–Kier alpha value is -4.01. The molecule has 5 rings (SSSR count). The SMILES string of the molecule is C/C(CCCCCCN=CN1CCC(C(c2ccccc2)c2ccccc2)CC1)=N\O.O=S(=O)(O)c1ccc2ccccc2c1. The van der Waals surface area contributed by atoms with Crippen LogP contribution in [0.1, 0.15) is 68.9 Å². The molecule has 0 amide bonds. The Morgan fingerprint density at radius 2 is 1.40 bits per heavy atom. The van der Waals surface area contributed by atoms with Crippen LogP contribution in [0.3, 0.4) is 0 Å². The van der Waals surface area contributed by atoms with Gasteiger partial charge in [-0.1, -0.05) is 109 Å². The topological polar surface area (TPSA) is 103 Å². The highest BCUT2D eigenvalue weighted by Crippen LogP contribution is 2.37. The van der Waals surface area contributed by atoms with Crippen molar-refractivity contribution >= 4 is 32.9 Å². The van der Waals surface area contributed by atoms with Gasteiger partial charge in [-0.25, -0.2) is 0 Å². The second-order valence-electron chi connectivity index (χ2n) is 11.7. The molecule has 0 bridgehead atoms. The van der Waals surface area contributed by atoms with Gasteiger partial charge in [-0.2, -0.15) is 8.42 Å². The van der Waals surface area contributed by atoms with Crippen molar-refractivity contribution in [3.8, 4) is 0 Å². The molecular weight excluding hydrogens is 582 g/mol. The third-order valence-corrected chi connectivity index (χ3v) is 9.22. The minimum absolute atomic E-state index is 0.0730. The number of unbranched alkanes of at least 4 members (excludes halogenated alkanes) is 3. The molecule has 1 aliphatic heterocycles. The van der Waals surface area contributed by atoms with Crippen molar-refractivity contribution in [2.75, 3.05) is 19.6 Å². The van der Waals surface area contributed by atoms with E-state index in [4.69, 9.17) is 9.76 Å². The monoisotopic (exact) mass is 627 g/mol. The number of fused-ring (bicyclic) bond motifs is 1. The Morgan fingerprint density at radius 1 is 0.822 bits per heavy atom. The normalized spacial score (nSPS) is 14.6. The van der Waals surface area contributed by atoms with Crippen LogP contribution in [0.15, 0.2) is 118 Å². The first-order valence-electron chi connectivity index (χ1n) is 15.8. The minimum atomic E-state index is -4.09. The summed E-state index contributed by atoms with van der Waals surface area (Å²) in [6.07, 6.45) is 9.96. The van der Waals surface area contributed by atoms with Crippen molar-refractivity contribution in [3.63, 3.8) is 0 Å². The zero-order valence-corrected chi connectivity index (χ0v) is 26.9. The van der Waals surface area contributed by atoms with Gasteiger partial charge in [-0.15, -0.1) is 0 Å². The first-order valence-corrected chi connectivity index (χ1v) is 17.3. The van der Waals surface area contributed by atoms with Gasteiger partial charge in [-0.3, -0.25) is 9.55 Å². The fourth-order valence-corrected chi connectivity index (χ4v) is 6.43. The van der Waals surface area contributed by atoms with Crippen LogP contribution in [-0.4, -0.2) is 54.8 Å². The fraction of sp³-hybridized carbons (Fsp3) is 0.351. The highest BCUT2D eigenvalue weighted by atomic mass is 32.2. The number of aliphatic imine (C=N–C) groups is 1. The number of benzene rings is 4. The lowest BCUT2D eigenvalue weighted by molar-refractivity contribution is 0.254. The van der Waals surface area contributed by atoms with Crippen molar-refractivity contribution in [2.45, 2.75) is 62.7 Å². The van der Waals surface area contributed by atoms with Crippen molar-refractivity contribution in [3.05, 3.63) is 114 Å². The Labute approximate surface area is 268 Å². The van der Waals surface area contributed by atoms with E-state index in [1.54, 1.807) is 12.1 Å². The lowest BCUT2D eigenvalue weighted by atomic mass is 9.76. The number of hydrogen-bond acceptors (Lipinski definition) is 5. The van der Waals surface area contributed by atoms with E-state index in [9.17, 15) is 8.42 Å². The first-order chi connectivity index (χ1) is 21.8. The van der Waals surface area contributed by atoms with E-state index < -0.39 is 10.1 Å². The molecule has 1 saturated heterocycles. The van der Waals surface area contributed by atoms with Gasteiger partial charge in [0.25, 0.3) is 10.1 Å². The van der Waals surface area contributed by atoms with E-state index in [0.717, 1.165) is 55.4 Å². The molecule has 1 aliphatic rings. The molecule has 0 spiro atoms. The number of nitrogens with zero attached hydrogens (tertiary/aromatic N) is 3. The van der Waals surface area contributed by atoms with E-state index in [1.807, 2.05) is 25.1 Å². The van der Waals surface area contributed by atoms with Crippen LogP contribution >= 0.6 is 0 Å². The zero-order valence-electron chi connectivity index (χ0n) is 26.1. The molecule has 0 unspecified atom stereocenters. The van der Waals surface area contributed by atoms with Gasteiger partial charge in [-0.05, 0) is 79.0 Å². The standard InChI is InChI=1S/C27H37N3O.C10H8O3S/c1-23(29-31)12-6-2-3-11-19-28-22-30-20-17-26(18-21-30)27(24-13-7-4-8-14-24)25-15-9-5-10-16-25;11-14(12,13)10-6-5-8-3-1-2-4-9(8)7-10/h4-5,7-10,13-16,22,26-27,31H,2-3,6,11-12,17-21H2,1H3;1-7H,(H,11,12,13)/b28-22?,29-23+;. The van der Waals surface area contributed by atoms with E-state index in [1.165, 1.54) is 48.9 Å². The number of hydrogen-bond donors (Lipinski definition) is 2. The molecule has 238 valence electrons. The van der Waals surface area contributed by atoms with Crippen molar-refractivity contribution in [1.82, 2.24) is 4.90 Å². The smallest absolute Gasteiger partial charge is 0.294 e. The maximum Gasteiger partial charge on any atom is 0.294 e. The van der Waals surface area contributed by atoms with Crippen molar-refractivity contribution < 1.29 is 18.2 Å². The summed E-state index contributed by atoms with van der Waals surface area (Å²) in [5.74, 6) is 1.14. The largest absolute Gasteiger partial charge is 0.411 e. The number of rotatable bonds is 12. The van der Waals surface area contributed by atoms with Gasteiger partial charge in [0.2, 0.25) is 0 Å². The molecule has 45 heavy (non-hydrogen) atoms. The van der Waals surface area contributed by atoms with Crippen LogP contribution in [0.2, 0.25) is 0 Å². The molecule has 7 nitrogen and oxygen atoms in total. The number of oxime groups is 1. The average molecular weight is 628 g/mol. The van der Waals surface area contributed by atoms with Crippen molar-refractivity contribution in [1.29, 1.82) is 0 Å². The summed E-state index contributed by atoms with van der Waals surface area (Å²) in [5, 5.41) is 13.6. The lowest BCUT2D eigenvalue weighted by Gasteiger charge is -2.36. The van der Waals surface area contributed by atoms with Gasteiger partial charge in [0, 0.05) is 25.6 Å². The fourth-order valence-electron chi connectivity index (χ4n) is 5.91. The molecule has 0 atom stereocenters. The zero-order chi connectivity index (χ0) is 31.9. The second-order valence-corrected chi connectivity index (χ2v) is 13.1. The van der Waals surface area contributed by atoms with Crippen LogP contribution in [0.4, 0.5) is 0 Å². The Balaban J connectivity index is 0.000000273. The predicted octanol–water partition coefficient (Wildman–Crippen LogP) is 8.45. The summed E-state index contributed by atoms with van der Waals surface area (Å²) in [7, 11) is -4.09. The van der Waals surface area contributed by atoms with Crippen LogP contribution in [-0.2, 0) is 10.1 Å². The average Bonchev–Trinajstić information content (AvgIpc) is 3.07. The van der Waals surface area contributed by atoms with Crippen LogP contribution in [0, 0.1) is 5.92 Å². The van der Waals surface area contributed by atoms with Gasteiger partial charge in [0.1, 0.15) is 0 Å². The summed E-state index contributed by atoms with van der Waals surface area (Å²) in [6.45, 7) is 4.95. The first kappa shape index (κ1) is 33.9. The minimum Gasteiger partial charge on any atom is -0.411 e. The quantitative estimate of drug-likeness (QED) is 0.0410. The Bertz CT molecular complexity index is 1580. The molecule has 4 aromatic carbocycles. The molecule has 0 aromatic heterocycles. The number of likely N-dealkylation sites (tertiary alicyclic amines) is 1. The Morgan fingerprint density at radius 3 is 2.00 bits per heavy atom. The molecule has 0 saturated carbocycles. The summed E-state index contributed by atoms with van der Waals surface area (Å²) < 4.78 is 30.5. The molecule has 8 heteroatoms. The summed E-state index contributed by atoms with van der Waals surface area (Å²) in [4.78, 5) is 6.99. The molecule has 0 radical (unpaired) electrons. The summed E-state index contributed by atoms with van der Waals surface area (Å²) in [6, 6.07) is 33.8. The van der Waals surface area contributed by atoms with Gasteiger partial charge >= 0.3 is 0 Å². The van der Waals surface area contributed by atoms with Gasteiger partial charge < -0.3 is 10.1 Å². The maximum atomic E-state index is 10.8. The van der Waals surface area contributed by atoms with Gasteiger partial charge in [0.05, 0.1) is 16.9 Å². The molecule has 0 aliphatic carbocycles. The van der Waals surface area contributed by atoms with E-state index in [2.05, 4.69) is 82.1 Å². The molecule has 2 N–H and O–H groups in total. The Kier molecular flexibility index (Phi) is 13.2. The third kappa shape index (κ3) is 10.8. The second kappa shape index (κ2) is 17.5. The van der Waals surface area contributed by atoms with E-state index >= 15 is 0 Å². The van der Waals surface area contributed by atoms with Gasteiger partial charge in [0.15, 0.2) is 0 Å². The van der Waals surface area contributed by atoms with Crippen LogP contribution < -0.4 is 0 Å². The molecule has 1 heterocycles. The lowest BCUT2D eigenvalue weighted by Crippen LogP contribution is -2.35. The van der Waals surface area contributed by atoms with E-state index in [0.29, 0.717) is 11.8 Å². The summed E-state index contributed by atoms with van der Waals surface area (Å²) >= 11 is 0. The van der Waals surface area contributed by atoms with Crippen LogP contribution in [0.5, 0.6) is 0 Å². The highest BCUT2D eigenvalue weighted by molar-refractivity contribution is 7.85. The van der Waals surface area contributed by atoms with E-state index in [-0.39, 0.29) is 4.90 Å². The predicted molar refractivity (Wildman–Crippen MR) is 184 cm³/mol. The summed E-state index contributed by atoms with van der Waals surface area (Å²) in [5.41, 5.74) is 3.69. The maximum absolute atomic E-state index is 10.8. The molecule has 4 aromatic rings. The van der Waals surface area contributed by atoms with Crippen molar-refractivity contribution in [2.24, 2.45) is 16.1 Å². The molecule has 1 fully saturated rings. The molecular formula is C37H45N3O4S. The number of piperidine rings is 1.